The molecule has 0 amide bonds. The molecule has 136 valence electrons. The summed E-state index contributed by atoms with van der Waals surface area (Å²) in [4.78, 5) is 16.2. The summed E-state index contributed by atoms with van der Waals surface area (Å²) in [6.45, 7) is 4.59. The molecule has 4 nitrogen and oxygen atoms in total. The number of hydrogen-bond donors (Lipinski definition) is 0. The van der Waals surface area contributed by atoms with Gasteiger partial charge in [-0.25, -0.2) is 0 Å². The zero-order chi connectivity index (χ0) is 19.4. The third-order valence-electron chi connectivity index (χ3n) is 4.26. The van der Waals surface area contributed by atoms with Gasteiger partial charge < -0.3 is 4.57 Å². The Kier molecular flexibility index (Phi) is 6.15. The van der Waals surface area contributed by atoms with Crippen LogP contribution in [0.3, 0.4) is 0 Å². The Morgan fingerprint density at radius 1 is 1.19 bits per heavy atom. The summed E-state index contributed by atoms with van der Waals surface area (Å²) in [6.07, 6.45) is 0. The summed E-state index contributed by atoms with van der Waals surface area (Å²) in [6, 6.07) is 18.0. The molecule has 2 aromatic carbocycles. The SMILES string of the molecule is CCSc1nc(=O)c(Br)c(C)n1Cc1ccc(-c2ccccc2C#N)cc1. The first-order chi connectivity index (χ1) is 13.0. The molecule has 0 spiro atoms. The van der Waals surface area contributed by atoms with E-state index in [2.05, 4.69) is 43.7 Å². The smallest absolute Gasteiger partial charge is 0.288 e. The summed E-state index contributed by atoms with van der Waals surface area (Å²) >= 11 is 4.91. The van der Waals surface area contributed by atoms with Crippen molar-refractivity contribution in [2.24, 2.45) is 0 Å². The molecule has 0 unspecified atom stereocenters. The van der Waals surface area contributed by atoms with Gasteiger partial charge in [-0.2, -0.15) is 10.2 Å². The van der Waals surface area contributed by atoms with Gasteiger partial charge in [-0.05, 0) is 51.4 Å². The maximum absolute atomic E-state index is 12.0. The van der Waals surface area contributed by atoms with E-state index < -0.39 is 0 Å². The molecule has 3 aromatic rings. The Bertz CT molecular complexity index is 1070. The van der Waals surface area contributed by atoms with Crippen molar-refractivity contribution in [1.82, 2.24) is 9.55 Å². The third kappa shape index (κ3) is 4.15. The van der Waals surface area contributed by atoms with Crippen LogP contribution in [0.1, 0.15) is 23.7 Å². The molecule has 0 saturated carbocycles. The second kappa shape index (κ2) is 8.55. The van der Waals surface area contributed by atoms with Crippen molar-refractivity contribution in [3.05, 3.63) is 80.2 Å². The van der Waals surface area contributed by atoms with Crippen LogP contribution in [0.25, 0.3) is 11.1 Å². The van der Waals surface area contributed by atoms with Crippen molar-refractivity contribution < 1.29 is 0 Å². The molecular formula is C21H18BrN3OS. The van der Waals surface area contributed by atoms with E-state index >= 15 is 0 Å². The Hall–Kier alpha value is -2.36. The first kappa shape index (κ1) is 19.4. The predicted octanol–water partition coefficient (Wildman–Crippen LogP) is 5.01. The van der Waals surface area contributed by atoms with Crippen LogP contribution in [0.5, 0.6) is 0 Å². The van der Waals surface area contributed by atoms with Gasteiger partial charge in [-0.15, -0.1) is 0 Å². The standard InChI is InChI=1S/C21H18BrN3OS/c1-3-27-21-24-20(26)19(22)14(2)25(21)13-15-8-10-16(11-9-15)18-7-5-4-6-17(18)12-23/h4-11H,3,13H2,1-2H3. The normalized spacial score (nSPS) is 10.6. The van der Waals surface area contributed by atoms with Crippen LogP contribution in [0, 0.1) is 18.3 Å². The van der Waals surface area contributed by atoms with Gasteiger partial charge in [-0.3, -0.25) is 4.79 Å². The molecule has 3 rings (SSSR count). The lowest BCUT2D eigenvalue weighted by atomic mass is 9.99. The molecule has 1 aromatic heterocycles. The lowest BCUT2D eigenvalue weighted by Crippen LogP contribution is -2.19. The number of halogens is 1. The van der Waals surface area contributed by atoms with Crippen LogP contribution in [0.15, 0.2) is 63.0 Å². The first-order valence-electron chi connectivity index (χ1n) is 8.53. The van der Waals surface area contributed by atoms with Gasteiger partial charge in [0, 0.05) is 12.2 Å². The van der Waals surface area contributed by atoms with Crippen molar-refractivity contribution in [2.75, 3.05) is 5.75 Å². The molecular weight excluding hydrogens is 422 g/mol. The van der Waals surface area contributed by atoms with E-state index in [1.165, 1.54) is 0 Å². The Morgan fingerprint density at radius 3 is 2.56 bits per heavy atom. The quantitative estimate of drug-likeness (QED) is 0.413. The maximum atomic E-state index is 12.0. The maximum Gasteiger partial charge on any atom is 0.288 e. The van der Waals surface area contributed by atoms with E-state index in [9.17, 15) is 10.1 Å². The number of nitrogens with zero attached hydrogens (tertiary/aromatic N) is 3. The van der Waals surface area contributed by atoms with Gasteiger partial charge in [0.2, 0.25) is 0 Å². The van der Waals surface area contributed by atoms with E-state index in [0.29, 0.717) is 16.6 Å². The Balaban J connectivity index is 1.95. The summed E-state index contributed by atoms with van der Waals surface area (Å²) < 4.78 is 2.56. The van der Waals surface area contributed by atoms with Crippen LogP contribution in [0.2, 0.25) is 0 Å². The van der Waals surface area contributed by atoms with Gasteiger partial charge in [-0.1, -0.05) is 61.2 Å². The van der Waals surface area contributed by atoms with Crippen molar-refractivity contribution >= 4 is 27.7 Å². The van der Waals surface area contributed by atoms with E-state index in [1.807, 2.05) is 50.2 Å². The second-order valence-corrected chi connectivity index (χ2v) is 8.00. The fourth-order valence-corrected chi connectivity index (χ4v) is 3.91. The highest BCUT2D eigenvalue weighted by Crippen LogP contribution is 2.25. The second-order valence-electron chi connectivity index (χ2n) is 5.97. The lowest BCUT2D eigenvalue weighted by molar-refractivity contribution is 0.635. The number of rotatable bonds is 5. The van der Waals surface area contributed by atoms with Crippen LogP contribution in [-0.2, 0) is 6.54 Å². The average molecular weight is 440 g/mol. The van der Waals surface area contributed by atoms with E-state index in [1.54, 1.807) is 11.8 Å². The minimum absolute atomic E-state index is 0.233. The number of hydrogen-bond acceptors (Lipinski definition) is 4. The molecule has 1 heterocycles. The molecule has 0 saturated heterocycles. The van der Waals surface area contributed by atoms with E-state index in [-0.39, 0.29) is 5.56 Å². The number of benzene rings is 2. The minimum Gasteiger partial charge on any atom is -0.319 e. The van der Waals surface area contributed by atoms with E-state index in [0.717, 1.165) is 33.3 Å². The minimum atomic E-state index is -0.233. The molecule has 0 radical (unpaired) electrons. The van der Waals surface area contributed by atoms with Crippen molar-refractivity contribution in [3.63, 3.8) is 0 Å². The lowest BCUT2D eigenvalue weighted by Gasteiger charge is -2.16. The highest BCUT2D eigenvalue weighted by Gasteiger charge is 2.13. The summed E-state index contributed by atoms with van der Waals surface area (Å²) in [5.41, 5.74) is 4.34. The average Bonchev–Trinajstić information content (AvgIpc) is 2.70. The first-order valence-corrected chi connectivity index (χ1v) is 10.3. The van der Waals surface area contributed by atoms with Crippen molar-refractivity contribution in [3.8, 4) is 17.2 Å². The van der Waals surface area contributed by atoms with Gasteiger partial charge in [0.15, 0.2) is 5.16 Å². The summed E-state index contributed by atoms with van der Waals surface area (Å²) in [5, 5.41) is 10.0. The van der Waals surface area contributed by atoms with Crippen molar-refractivity contribution in [1.29, 1.82) is 5.26 Å². The van der Waals surface area contributed by atoms with Crippen LogP contribution >= 0.6 is 27.7 Å². The Morgan fingerprint density at radius 2 is 1.89 bits per heavy atom. The third-order valence-corrected chi connectivity index (χ3v) is 6.04. The summed E-state index contributed by atoms with van der Waals surface area (Å²) in [7, 11) is 0. The molecule has 6 heteroatoms. The Labute approximate surface area is 171 Å². The van der Waals surface area contributed by atoms with Gasteiger partial charge in [0.05, 0.1) is 11.6 Å². The van der Waals surface area contributed by atoms with E-state index in [4.69, 9.17) is 0 Å². The highest BCUT2D eigenvalue weighted by molar-refractivity contribution is 9.10. The monoisotopic (exact) mass is 439 g/mol. The van der Waals surface area contributed by atoms with Crippen LogP contribution in [0.4, 0.5) is 0 Å². The molecule has 0 fully saturated rings. The molecule has 0 aliphatic heterocycles. The molecule has 0 N–H and O–H groups in total. The van der Waals surface area contributed by atoms with Crippen LogP contribution in [-0.4, -0.2) is 15.3 Å². The largest absolute Gasteiger partial charge is 0.319 e. The summed E-state index contributed by atoms with van der Waals surface area (Å²) in [5.74, 6) is 0.845. The predicted molar refractivity (Wildman–Crippen MR) is 113 cm³/mol. The highest BCUT2D eigenvalue weighted by atomic mass is 79.9. The number of thioether (sulfide) groups is 1. The fraction of sp³-hybridized carbons (Fsp3) is 0.190. The topological polar surface area (TPSA) is 58.7 Å². The molecule has 0 atom stereocenters. The van der Waals surface area contributed by atoms with Crippen LogP contribution < -0.4 is 5.56 Å². The molecule has 0 bridgehead atoms. The molecule has 27 heavy (non-hydrogen) atoms. The zero-order valence-corrected chi connectivity index (χ0v) is 17.5. The number of nitriles is 1. The fourth-order valence-electron chi connectivity index (χ4n) is 2.84. The number of aromatic nitrogens is 2. The molecule has 0 aliphatic rings. The van der Waals surface area contributed by atoms with Gasteiger partial charge in [0.25, 0.3) is 5.56 Å². The zero-order valence-electron chi connectivity index (χ0n) is 15.1. The van der Waals surface area contributed by atoms with Crippen molar-refractivity contribution in [2.45, 2.75) is 25.5 Å². The van der Waals surface area contributed by atoms with Gasteiger partial charge >= 0.3 is 0 Å². The molecule has 0 aliphatic carbocycles. The van der Waals surface area contributed by atoms with Gasteiger partial charge in [0.1, 0.15) is 4.47 Å².